The minimum atomic E-state index is -0.191. The number of rotatable bonds is 6. The van der Waals surface area contributed by atoms with Crippen molar-refractivity contribution in [2.75, 3.05) is 41.3 Å². The summed E-state index contributed by atoms with van der Waals surface area (Å²) in [5.41, 5.74) is 2.39. The zero-order valence-electron chi connectivity index (χ0n) is 16.5. The van der Waals surface area contributed by atoms with E-state index in [4.69, 9.17) is 0 Å². The first-order valence-electron chi connectivity index (χ1n) is 9.84. The zero-order valence-corrected chi connectivity index (χ0v) is 16.5. The maximum atomic E-state index is 12.5. The fourth-order valence-corrected chi connectivity index (χ4v) is 3.52. The predicted octanol–water partition coefficient (Wildman–Crippen LogP) is 3.81. The van der Waals surface area contributed by atoms with Gasteiger partial charge in [-0.3, -0.25) is 4.79 Å². The van der Waals surface area contributed by atoms with E-state index in [9.17, 15) is 4.79 Å². The molecule has 1 aliphatic heterocycles. The lowest BCUT2D eigenvalue weighted by molar-refractivity contribution is 0.102. The van der Waals surface area contributed by atoms with Crippen molar-refractivity contribution in [3.05, 3.63) is 42.2 Å². The summed E-state index contributed by atoms with van der Waals surface area (Å²) in [5.74, 6) is 1.18. The van der Waals surface area contributed by atoms with Gasteiger partial charge in [0.15, 0.2) is 0 Å². The number of piperidine rings is 1. The van der Waals surface area contributed by atoms with Crippen LogP contribution < -0.4 is 15.1 Å². The molecule has 1 N–H and O–H groups in total. The summed E-state index contributed by atoms with van der Waals surface area (Å²) in [7, 11) is 0. The molecule has 1 aliphatic rings. The van der Waals surface area contributed by atoms with Crippen molar-refractivity contribution in [2.45, 2.75) is 33.6 Å². The number of amides is 1. The monoisotopic (exact) mass is 367 g/mol. The highest BCUT2D eigenvalue weighted by Gasteiger charge is 2.19. The van der Waals surface area contributed by atoms with Crippen molar-refractivity contribution in [1.82, 2.24) is 9.97 Å². The van der Waals surface area contributed by atoms with Gasteiger partial charge in [-0.25, -0.2) is 9.97 Å². The first-order valence-corrected chi connectivity index (χ1v) is 9.84. The van der Waals surface area contributed by atoms with Gasteiger partial charge in [0.2, 0.25) is 5.95 Å². The Bertz CT molecular complexity index is 740. The van der Waals surface area contributed by atoms with Crippen LogP contribution in [0.15, 0.2) is 36.7 Å². The summed E-state index contributed by atoms with van der Waals surface area (Å²) in [6, 6.07) is 7.91. The molecular formula is C21H29N5O. The summed E-state index contributed by atoms with van der Waals surface area (Å²) in [6.07, 6.45) is 5.64. The van der Waals surface area contributed by atoms with Crippen LogP contribution in [0.4, 0.5) is 17.3 Å². The van der Waals surface area contributed by atoms with Gasteiger partial charge in [-0.2, -0.15) is 0 Å². The van der Waals surface area contributed by atoms with Crippen LogP contribution in [0.3, 0.4) is 0 Å². The molecule has 0 spiro atoms. The third-order valence-corrected chi connectivity index (χ3v) is 5.09. The Hall–Kier alpha value is -2.63. The second-order valence-corrected chi connectivity index (χ2v) is 7.14. The minimum Gasteiger partial charge on any atom is -0.372 e. The number of hydrogen-bond donors (Lipinski definition) is 1. The van der Waals surface area contributed by atoms with Crippen molar-refractivity contribution in [3.63, 3.8) is 0 Å². The molecule has 27 heavy (non-hydrogen) atoms. The molecule has 1 fully saturated rings. The molecule has 0 bridgehead atoms. The number of nitrogens with one attached hydrogen (secondary N) is 1. The zero-order chi connectivity index (χ0) is 19.2. The van der Waals surface area contributed by atoms with E-state index in [1.54, 1.807) is 12.4 Å². The molecule has 3 rings (SSSR count). The van der Waals surface area contributed by atoms with Crippen LogP contribution in [0, 0.1) is 5.92 Å². The smallest absolute Gasteiger partial charge is 0.258 e. The molecule has 1 amide bonds. The summed E-state index contributed by atoms with van der Waals surface area (Å²) in [6.45, 7) is 10.4. The van der Waals surface area contributed by atoms with Gasteiger partial charge >= 0.3 is 0 Å². The van der Waals surface area contributed by atoms with Crippen molar-refractivity contribution >= 4 is 23.2 Å². The van der Waals surface area contributed by atoms with Gasteiger partial charge in [-0.1, -0.05) is 6.92 Å². The van der Waals surface area contributed by atoms with E-state index in [2.05, 4.69) is 45.9 Å². The summed E-state index contributed by atoms with van der Waals surface area (Å²) in [5, 5.41) is 2.92. The molecule has 0 aliphatic carbocycles. The summed E-state index contributed by atoms with van der Waals surface area (Å²) < 4.78 is 0. The van der Waals surface area contributed by atoms with Crippen LogP contribution in [0.5, 0.6) is 0 Å². The maximum absolute atomic E-state index is 12.5. The van der Waals surface area contributed by atoms with E-state index in [-0.39, 0.29) is 5.91 Å². The fourth-order valence-electron chi connectivity index (χ4n) is 3.52. The molecule has 6 nitrogen and oxygen atoms in total. The number of hydrogen-bond acceptors (Lipinski definition) is 5. The largest absolute Gasteiger partial charge is 0.372 e. The molecule has 0 radical (unpaired) electrons. The minimum absolute atomic E-state index is 0.191. The Labute approximate surface area is 161 Å². The van der Waals surface area contributed by atoms with Crippen molar-refractivity contribution in [3.8, 4) is 0 Å². The fraction of sp³-hybridized carbons (Fsp3) is 0.476. The van der Waals surface area contributed by atoms with Crippen LogP contribution in [-0.2, 0) is 0 Å². The maximum Gasteiger partial charge on any atom is 0.258 e. The number of benzene rings is 1. The van der Waals surface area contributed by atoms with Crippen molar-refractivity contribution < 1.29 is 4.79 Å². The highest BCUT2D eigenvalue weighted by Crippen LogP contribution is 2.20. The standard InChI is InChI=1S/C21H29N5O/c1-4-25(5-2)19-10-8-18(9-11-19)24-20(27)17-13-22-21(23-14-17)26-12-6-7-16(3)15-26/h8-11,13-14,16H,4-7,12,15H2,1-3H3,(H,24,27). The highest BCUT2D eigenvalue weighted by molar-refractivity contribution is 6.03. The average molecular weight is 367 g/mol. The molecule has 2 heterocycles. The molecule has 1 saturated heterocycles. The second kappa shape index (κ2) is 8.84. The lowest BCUT2D eigenvalue weighted by atomic mass is 10.0. The van der Waals surface area contributed by atoms with Crippen LogP contribution in [0.1, 0.15) is 44.0 Å². The topological polar surface area (TPSA) is 61.4 Å². The molecule has 2 aromatic rings. The van der Waals surface area contributed by atoms with Crippen LogP contribution >= 0.6 is 0 Å². The van der Waals surface area contributed by atoms with Gasteiger partial charge in [-0.15, -0.1) is 0 Å². The van der Waals surface area contributed by atoms with E-state index < -0.39 is 0 Å². The molecule has 0 saturated carbocycles. The van der Waals surface area contributed by atoms with E-state index in [1.165, 1.54) is 6.42 Å². The lowest BCUT2D eigenvalue weighted by Crippen LogP contribution is -2.35. The Morgan fingerprint density at radius 1 is 1.19 bits per heavy atom. The van der Waals surface area contributed by atoms with Gasteiger partial charge in [0, 0.05) is 49.9 Å². The number of anilines is 3. The summed E-state index contributed by atoms with van der Waals surface area (Å²) in [4.78, 5) is 25.7. The third kappa shape index (κ3) is 4.76. The third-order valence-electron chi connectivity index (χ3n) is 5.09. The second-order valence-electron chi connectivity index (χ2n) is 7.14. The molecule has 6 heteroatoms. The average Bonchev–Trinajstić information content (AvgIpc) is 2.70. The number of nitrogens with zero attached hydrogens (tertiary/aromatic N) is 4. The Morgan fingerprint density at radius 2 is 1.85 bits per heavy atom. The van der Waals surface area contributed by atoms with Gasteiger partial charge in [-0.05, 0) is 56.9 Å². The van der Waals surface area contributed by atoms with E-state index >= 15 is 0 Å². The summed E-state index contributed by atoms with van der Waals surface area (Å²) >= 11 is 0. The van der Waals surface area contributed by atoms with Crippen LogP contribution in [-0.4, -0.2) is 42.1 Å². The SMILES string of the molecule is CCN(CC)c1ccc(NC(=O)c2cnc(N3CCCC(C)C3)nc2)cc1. The Balaban J connectivity index is 1.62. The van der Waals surface area contributed by atoms with E-state index in [0.29, 0.717) is 17.4 Å². The highest BCUT2D eigenvalue weighted by atomic mass is 16.1. The molecule has 1 unspecified atom stereocenters. The van der Waals surface area contributed by atoms with Crippen molar-refractivity contribution in [1.29, 1.82) is 0 Å². The molecule has 1 atom stereocenters. The molecule has 1 aromatic carbocycles. The number of carbonyl (C=O) groups is 1. The predicted molar refractivity (Wildman–Crippen MR) is 111 cm³/mol. The Kier molecular flexibility index (Phi) is 6.27. The van der Waals surface area contributed by atoms with Gasteiger partial charge in [0.1, 0.15) is 0 Å². The quantitative estimate of drug-likeness (QED) is 0.841. The Morgan fingerprint density at radius 3 is 2.44 bits per heavy atom. The number of aromatic nitrogens is 2. The number of carbonyl (C=O) groups excluding carboxylic acids is 1. The van der Waals surface area contributed by atoms with Gasteiger partial charge < -0.3 is 15.1 Å². The van der Waals surface area contributed by atoms with Gasteiger partial charge in [0.25, 0.3) is 5.91 Å². The first kappa shape index (κ1) is 19.1. The van der Waals surface area contributed by atoms with Crippen LogP contribution in [0.2, 0.25) is 0 Å². The van der Waals surface area contributed by atoms with Crippen molar-refractivity contribution in [2.24, 2.45) is 5.92 Å². The first-order chi connectivity index (χ1) is 13.1. The molecular weight excluding hydrogens is 338 g/mol. The van der Waals surface area contributed by atoms with Gasteiger partial charge in [0.05, 0.1) is 5.56 Å². The molecule has 1 aromatic heterocycles. The van der Waals surface area contributed by atoms with Crippen LogP contribution in [0.25, 0.3) is 0 Å². The van der Waals surface area contributed by atoms with E-state index in [1.807, 2.05) is 24.3 Å². The normalized spacial score (nSPS) is 16.9. The van der Waals surface area contributed by atoms with E-state index in [0.717, 1.165) is 44.0 Å². The molecule has 144 valence electrons. The lowest BCUT2D eigenvalue weighted by Gasteiger charge is -2.30.